The van der Waals surface area contributed by atoms with Crippen molar-refractivity contribution in [2.24, 2.45) is 11.8 Å². The van der Waals surface area contributed by atoms with Crippen molar-refractivity contribution in [2.75, 3.05) is 18.0 Å². The van der Waals surface area contributed by atoms with Crippen molar-refractivity contribution in [3.8, 4) is 0 Å². The van der Waals surface area contributed by atoms with E-state index in [1.165, 1.54) is 49.2 Å². The fraction of sp³-hybridized carbons (Fsp3) is 0.667. The predicted molar refractivity (Wildman–Crippen MR) is 86.2 cm³/mol. The Hall–Kier alpha value is -1.02. The summed E-state index contributed by atoms with van der Waals surface area (Å²) in [5.74, 6) is 1.67. The summed E-state index contributed by atoms with van der Waals surface area (Å²) in [7, 11) is 0. The Bertz CT molecular complexity index is 464. The maximum Gasteiger partial charge on any atom is 0.0412 e. The van der Waals surface area contributed by atoms with Crippen LogP contribution in [0.3, 0.4) is 0 Å². The van der Waals surface area contributed by atoms with Crippen LogP contribution in [0.25, 0.3) is 0 Å². The number of rotatable bonds is 4. The number of anilines is 1. The third-order valence-corrected chi connectivity index (χ3v) is 5.07. The summed E-state index contributed by atoms with van der Waals surface area (Å²) >= 11 is 0. The van der Waals surface area contributed by atoms with Crippen molar-refractivity contribution in [1.29, 1.82) is 0 Å². The van der Waals surface area contributed by atoms with E-state index in [1.54, 1.807) is 0 Å². The quantitative estimate of drug-likeness (QED) is 0.898. The van der Waals surface area contributed by atoms with Crippen LogP contribution in [0.4, 0.5) is 5.69 Å². The minimum Gasteiger partial charge on any atom is -0.371 e. The summed E-state index contributed by atoms with van der Waals surface area (Å²) < 4.78 is 0. The highest BCUT2D eigenvalue weighted by Crippen LogP contribution is 2.30. The largest absolute Gasteiger partial charge is 0.371 e. The summed E-state index contributed by atoms with van der Waals surface area (Å²) in [6, 6.07) is 7.75. The molecule has 0 spiro atoms. The molecule has 1 saturated carbocycles. The Kier molecular flexibility index (Phi) is 4.02. The molecule has 0 bridgehead atoms. The molecule has 2 unspecified atom stereocenters. The van der Waals surface area contributed by atoms with Gasteiger partial charge < -0.3 is 10.2 Å². The zero-order valence-electron chi connectivity index (χ0n) is 13.2. The molecule has 2 nitrogen and oxygen atoms in total. The van der Waals surface area contributed by atoms with Crippen LogP contribution in [0.2, 0.25) is 0 Å². The summed E-state index contributed by atoms with van der Waals surface area (Å²) in [5.41, 5.74) is 4.32. The first-order chi connectivity index (χ1) is 9.63. The Morgan fingerprint density at radius 1 is 1.15 bits per heavy atom. The van der Waals surface area contributed by atoms with Gasteiger partial charge in [0.25, 0.3) is 0 Å². The molecule has 2 fully saturated rings. The number of hydrogen-bond acceptors (Lipinski definition) is 2. The number of nitrogens with one attached hydrogen (secondary N) is 1. The van der Waals surface area contributed by atoms with Gasteiger partial charge in [0.2, 0.25) is 0 Å². The van der Waals surface area contributed by atoms with Crippen molar-refractivity contribution < 1.29 is 0 Å². The maximum absolute atomic E-state index is 3.67. The van der Waals surface area contributed by atoms with Crippen LogP contribution in [0.5, 0.6) is 0 Å². The molecular formula is C18H28N2. The van der Waals surface area contributed by atoms with E-state index in [1.807, 2.05) is 0 Å². The lowest BCUT2D eigenvalue weighted by molar-refractivity contribution is 0.323. The molecule has 2 atom stereocenters. The topological polar surface area (TPSA) is 15.3 Å². The van der Waals surface area contributed by atoms with E-state index in [2.05, 4.69) is 49.2 Å². The zero-order chi connectivity index (χ0) is 14.1. The van der Waals surface area contributed by atoms with Crippen LogP contribution < -0.4 is 10.2 Å². The number of aryl methyl sites for hydroxylation is 1. The minimum absolute atomic E-state index is 0.781. The number of piperidine rings is 1. The van der Waals surface area contributed by atoms with E-state index in [4.69, 9.17) is 0 Å². The smallest absolute Gasteiger partial charge is 0.0412 e. The maximum atomic E-state index is 3.67. The van der Waals surface area contributed by atoms with Crippen molar-refractivity contribution >= 4 is 5.69 Å². The fourth-order valence-electron chi connectivity index (χ4n) is 3.19. The third-order valence-electron chi connectivity index (χ3n) is 5.07. The van der Waals surface area contributed by atoms with E-state index in [9.17, 15) is 0 Å². The molecule has 3 rings (SSSR count). The highest BCUT2D eigenvalue weighted by Gasteiger charge is 2.25. The van der Waals surface area contributed by atoms with Crippen molar-refractivity contribution in [2.45, 2.75) is 52.6 Å². The molecule has 110 valence electrons. The van der Waals surface area contributed by atoms with E-state index >= 15 is 0 Å². The average Bonchev–Trinajstić information content (AvgIpc) is 3.24. The Balaban J connectivity index is 1.76. The first kappa shape index (κ1) is 13.9. The monoisotopic (exact) mass is 272 g/mol. The normalized spacial score (nSPS) is 26.9. The molecule has 0 aromatic heterocycles. The SMILES string of the molecule is Cc1ccc(N2CCC(C)C(C)C2)c(CNC2CC2)c1. The number of benzene rings is 1. The van der Waals surface area contributed by atoms with Gasteiger partial charge in [0.15, 0.2) is 0 Å². The van der Waals surface area contributed by atoms with E-state index in [-0.39, 0.29) is 0 Å². The second-order valence-electron chi connectivity index (χ2n) is 6.98. The van der Waals surface area contributed by atoms with Gasteiger partial charge >= 0.3 is 0 Å². The molecule has 0 amide bonds. The summed E-state index contributed by atoms with van der Waals surface area (Å²) in [6.45, 7) is 10.4. The van der Waals surface area contributed by atoms with Crippen molar-refractivity contribution in [3.63, 3.8) is 0 Å². The van der Waals surface area contributed by atoms with Gasteiger partial charge in [-0.2, -0.15) is 0 Å². The fourth-order valence-corrected chi connectivity index (χ4v) is 3.19. The molecule has 2 aliphatic rings. The molecule has 1 N–H and O–H groups in total. The van der Waals surface area contributed by atoms with E-state index < -0.39 is 0 Å². The predicted octanol–water partition coefficient (Wildman–Crippen LogP) is 3.73. The van der Waals surface area contributed by atoms with E-state index in [0.29, 0.717) is 0 Å². The molecule has 2 heteroatoms. The van der Waals surface area contributed by atoms with Crippen LogP contribution in [-0.2, 0) is 6.54 Å². The van der Waals surface area contributed by atoms with Crippen molar-refractivity contribution in [1.82, 2.24) is 5.32 Å². The first-order valence-corrected chi connectivity index (χ1v) is 8.21. The molecule has 1 aromatic carbocycles. The van der Waals surface area contributed by atoms with Crippen LogP contribution >= 0.6 is 0 Å². The lowest BCUT2D eigenvalue weighted by Gasteiger charge is -2.38. The van der Waals surface area contributed by atoms with Crippen LogP contribution in [0.1, 0.15) is 44.2 Å². The van der Waals surface area contributed by atoms with Gasteiger partial charge in [-0.05, 0) is 49.7 Å². The highest BCUT2D eigenvalue weighted by atomic mass is 15.1. The molecule has 0 radical (unpaired) electrons. The van der Waals surface area contributed by atoms with Gasteiger partial charge in [0, 0.05) is 31.4 Å². The molecule has 1 saturated heterocycles. The second kappa shape index (κ2) is 5.77. The highest BCUT2D eigenvalue weighted by molar-refractivity contribution is 5.55. The van der Waals surface area contributed by atoms with Gasteiger partial charge in [-0.3, -0.25) is 0 Å². The minimum atomic E-state index is 0.781. The average molecular weight is 272 g/mol. The lowest BCUT2D eigenvalue weighted by atomic mass is 9.88. The Morgan fingerprint density at radius 2 is 1.95 bits per heavy atom. The van der Waals surface area contributed by atoms with Gasteiger partial charge in [-0.15, -0.1) is 0 Å². The molecule has 1 aliphatic heterocycles. The van der Waals surface area contributed by atoms with Crippen molar-refractivity contribution in [3.05, 3.63) is 29.3 Å². The third kappa shape index (κ3) is 3.17. The zero-order valence-corrected chi connectivity index (χ0v) is 13.2. The number of hydrogen-bond donors (Lipinski definition) is 1. The van der Waals surface area contributed by atoms with Crippen LogP contribution in [0, 0.1) is 18.8 Å². The Labute approximate surface area is 123 Å². The number of nitrogens with zero attached hydrogens (tertiary/aromatic N) is 1. The van der Waals surface area contributed by atoms with Gasteiger partial charge in [0.05, 0.1) is 0 Å². The molecule has 1 heterocycles. The van der Waals surface area contributed by atoms with Crippen LogP contribution in [0.15, 0.2) is 18.2 Å². The second-order valence-corrected chi connectivity index (χ2v) is 6.98. The molecule has 1 aliphatic carbocycles. The van der Waals surface area contributed by atoms with Gasteiger partial charge in [-0.1, -0.05) is 31.5 Å². The summed E-state index contributed by atoms with van der Waals surface area (Å²) in [4.78, 5) is 2.61. The lowest BCUT2D eigenvalue weighted by Crippen LogP contribution is -2.39. The standard InChI is InChI=1S/C18H28N2/c1-13-4-7-18(16(10-13)11-19-17-5-6-17)20-9-8-14(2)15(3)12-20/h4,7,10,14-15,17,19H,5-6,8-9,11-12H2,1-3H3. The summed E-state index contributed by atoms with van der Waals surface area (Å²) in [5, 5.41) is 3.67. The van der Waals surface area contributed by atoms with Crippen LogP contribution in [-0.4, -0.2) is 19.1 Å². The first-order valence-electron chi connectivity index (χ1n) is 8.21. The molecule has 20 heavy (non-hydrogen) atoms. The summed E-state index contributed by atoms with van der Waals surface area (Å²) in [6.07, 6.45) is 4.05. The van der Waals surface area contributed by atoms with E-state index in [0.717, 1.165) is 24.4 Å². The van der Waals surface area contributed by atoms with Gasteiger partial charge in [-0.25, -0.2) is 0 Å². The Morgan fingerprint density at radius 3 is 2.65 bits per heavy atom. The molecule has 1 aromatic rings. The molecular weight excluding hydrogens is 244 g/mol. The van der Waals surface area contributed by atoms with Gasteiger partial charge in [0.1, 0.15) is 0 Å².